The van der Waals surface area contributed by atoms with Crippen LogP contribution in [0.3, 0.4) is 0 Å². The minimum atomic E-state index is -0.299. The van der Waals surface area contributed by atoms with Gasteiger partial charge >= 0.3 is 0 Å². The fourth-order valence-corrected chi connectivity index (χ4v) is 4.39. The number of nitrogens with zero attached hydrogens (tertiary/aromatic N) is 3. The van der Waals surface area contributed by atoms with Gasteiger partial charge < -0.3 is 4.90 Å². The number of benzene rings is 2. The molecule has 1 aliphatic heterocycles. The topological polar surface area (TPSA) is 53.0 Å². The van der Waals surface area contributed by atoms with Crippen molar-refractivity contribution < 1.29 is 9.59 Å². The van der Waals surface area contributed by atoms with Crippen LogP contribution in [0.5, 0.6) is 0 Å². The van der Waals surface area contributed by atoms with Crippen LogP contribution in [-0.4, -0.2) is 41.0 Å². The number of carbonyl (C=O) groups is 2. The van der Waals surface area contributed by atoms with Gasteiger partial charge in [0.2, 0.25) is 0 Å². The second kappa shape index (κ2) is 8.81. The highest BCUT2D eigenvalue weighted by Crippen LogP contribution is 2.33. The zero-order valence-electron chi connectivity index (χ0n) is 16.4. The fourth-order valence-electron chi connectivity index (χ4n) is 3.45. The molecule has 1 aliphatic rings. The molecule has 0 radical (unpaired) electrons. The van der Waals surface area contributed by atoms with E-state index in [1.54, 1.807) is 42.6 Å². The van der Waals surface area contributed by atoms with Crippen molar-refractivity contribution in [3.05, 3.63) is 93.1 Å². The summed E-state index contributed by atoms with van der Waals surface area (Å²) in [5.41, 5.74) is 2.27. The van der Waals surface area contributed by atoms with Gasteiger partial charge in [0.15, 0.2) is 0 Å². The standard InChI is InChI=1S/C23H20ClN3O2S/c1-26(23(29)17-10-5-6-11-18(17)24)15-22(28)27-20(16-8-3-2-4-9-16)14-19(25-27)21-12-7-13-30-21/h2-13,20H,14-15H2,1H3/t20-/m1/s1. The lowest BCUT2D eigenvalue weighted by molar-refractivity contribution is -0.133. The maximum Gasteiger partial charge on any atom is 0.262 e. The molecule has 7 heteroatoms. The summed E-state index contributed by atoms with van der Waals surface area (Å²) < 4.78 is 0. The van der Waals surface area contributed by atoms with Crippen LogP contribution in [0.15, 0.2) is 77.2 Å². The summed E-state index contributed by atoms with van der Waals surface area (Å²) in [6.07, 6.45) is 0.637. The number of halogens is 1. The molecule has 30 heavy (non-hydrogen) atoms. The monoisotopic (exact) mass is 437 g/mol. The first-order chi connectivity index (χ1) is 14.5. The lowest BCUT2D eigenvalue weighted by Gasteiger charge is -2.25. The molecule has 3 aromatic rings. The van der Waals surface area contributed by atoms with Gasteiger partial charge in [-0.15, -0.1) is 11.3 Å². The molecule has 0 N–H and O–H groups in total. The fraction of sp³-hybridized carbons (Fsp3) is 0.174. The smallest absolute Gasteiger partial charge is 0.262 e. The molecular weight excluding hydrogens is 418 g/mol. The van der Waals surface area contributed by atoms with Crippen molar-refractivity contribution in [1.29, 1.82) is 0 Å². The number of amides is 2. The van der Waals surface area contributed by atoms with E-state index in [4.69, 9.17) is 11.6 Å². The summed E-state index contributed by atoms with van der Waals surface area (Å²) in [6.45, 7) is -0.0887. The highest BCUT2D eigenvalue weighted by atomic mass is 35.5. The number of hydrogen-bond acceptors (Lipinski definition) is 4. The summed E-state index contributed by atoms with van der Waals surface area (Å²) in [6, 6.07) is 20.5. The van der Waals surface area contributed by atoms with E-state index in [-0.39, 0.29) is 24.4 Å². The van der Waals surface area contributed by atoms with Crippen molar-refractivity contribution in [2.24, 2.45) is 5.10 Å². The number of carbonyl (C=O) groups excluding carboxylic acids is 2. The molecule has 1 atom stereocenters. The van der Waals surface area contributed by atoms with Crippen molar-refractivity contribution >= 4 is 40.5 Å². The molecule has 0 spiro atoms. The summed E-state index contributed by atoms with van der Waals surface area (Å²) in [5, 5.41) is 8.51. The Morgan fingerprint density at radius 1 is 1.10 bits per heavy atom. The van der Waals surface area contributed by atoms with Crippen LogP contribution in [0.2, 0.25) is 5.02 Å². The van der Waals surface area contributed by atoms with E-state index in [1.165, 1.54) is 9.91 Å². The van der Waals surface area contributed by atoms with E-state index < -0.39 is 0 Å². The van der Waals surface area contributed by atoms with Gasteiger partial charge in [-0.3, -0.25) is 9.59 Å². The van der Waals surface area contributed by atoms with Crippen molar-refractivity contribution in [3.8, 4) is 0 Å². The largest absolute Gasteiger partial charge is 0.332 e. The van der Waals surface area contributed by atoms with E-state index in [9.17, 15) is 9.59 Å². The Bertz CT molecular complexity index is 1080. The van der Waals surface area contributed by atoms with Crippen LogP contribution in [0.25, 0.3) is 0 Å². The number of hydrazone groups is 1. The number of thiophene rings is 1. The van der Waals surface area contributed by atoms with E-state index in [0.717, 1.165) is 16.2 Å². The summed E-state index contributed by atoms with van der Waals surface area (Å²) >= 11 is 7.74. The quantitative estimate of drug-likeness (QED) is 0.572. The molecule has 152 valence electrons. The number of likely N-dealkylation sites (N-methyl/N-ethyl adjacent to an activating group) is 1. The van der Waals surface area contributed by atoms with Crippen molar-refractivity contribution in [1.82, 2.24) is 9.91 Å². The first-order valence-corrected chi connectivity index (χ1v) is 10.8. The minimum absolute atomic E-state index is 0.0887. The number of hydrogen-bond donors (Lipinski definition) is 0. The van der Waals surface area contributed by atoms with Gasteiger partial charge in [-0.2, -0.15) is 5.10 Å². The average molecular weight is 438 g/mol. The van der Waals surface area contributed by atoms with Crippen LogP contribution in [0.4, 0.5) is 0 Å². The third-order valence-corrected chi connectivity index (χ3v) is 6.23. The molecule has 0 unspecified atom stereocenters. The first-order valence-electron chi connectivity index (χ1n) is 9.53. The van der Waals surface area contributed by atoms with Gasteiger partial charge in [0.25, 0.3) is 11.8 Å². The molecule has 0 saturated heterocycles. The molecule has 2 amide bonds. The molecule has 2 aromatic carbocycles. The Balaban J connectivity index is 1.56. The third-order valence-electron chi connectivity index (χ3n) is 4.98. The predicted molar refractivity (Wildman–Crippen MR) is 120 cm³/mol. The Morgan fingerprint density at radius 3 is 2.53 bits per heavy atom. The maximum absolute atomic E-state index is 13.2. The minimum Gasteiger partial charge on any atom is -0.332 e. The molecule has 4 rings (SSSR count). The van der Waals surface area contributed by atoms with Gasteiger partial charge in [-0.1, -0.05) is 60.1 Å². The zero-order chi connectivity index (χ0) is 21.1. The van der Waals surface area contributed by atoms with E-state index in [0.29, 0.717) is 17.0 Å². The van der Waals surface area contributed by atoms with Crippen molar-refractivity contribution in [3.63, 3.8) is 0 Å². The molecule has 0 fully saturated rings. The SMILES string of the molecule is CN(CC(=O)N1N=C(c2cccs2)C[C@@H]1c1ccccc1)C(=O)c1ccccc1Cl. The molecule has 5 nitrogen and oxygen atoms in total. The second-order valence-corrected chi connectivity index (χ2v) is 8.39. The molecule has 0 saturated carbocycles. The average Bonchev–Trinajstić information content (AvgIpc) is 3.44. The van der Waals surface area contributed by atoms with Gasteiger partial charge in [0, 0.05) is 13.5 Å². The lowest BCUT2D eigenvalue weighted by atomic mass is 10.0. The van der Waals surface area contributed by atoms with Gasteiger partial charge in [-0.25, -0.2) is 5.01 Å². The Labute approximate surface area is 184 Å². The Kier molecular flexibility index (Phi) is 5.97. The highest BCUT2D eigenvalue weighted by Gasteiger charge is 2.34. The van der Waals surface area contributed by atoms with Crippen LogP contribution < -0.4 is 0 Å². The summed E-state index contributed by atoms with van der Waals surface area (Å²) in [5.74, 6) is -0.537. The van der Waals surface area contributed by atoms with Gasteiger partial charge in [0.05, 0.1) is 27.2 Å². The highest BCUT2D eigenvalue weighted by molar-refractivity contribution is 7.12. The van der Waals surface area contributed by atoms with Crippen LogP contribution in [-0.2, 0) is 4.79 Å². The van der Waals surface area contributed by atoms with Crippen LogP contribution >= 0.6 is 22.9 Å². The predicted octanol–water partition coefficient (Wildman–Crippen LogP) is 4.85. The van der Waals surface area contributed by atoms with E-state index in [2.05, 4.69) is 5.10 Å². The van der Waals surface area contributed by atoms with Crippen LogP contribution in [0.1, 0.15) is 33.3 Å². The summed E-state index contributed by atoms with van der Waals surface area (Å²) in [7, 11) is 1.60. The maximum atomic E-state index is 13.2. The zero-order valence-corrected chi connectivity index (χ0v) is 17.9. The number of rotatable bonds is 5. The molecule has 2 heterocycles. The first kappa shape index (κ1) is 20.3. The van der Waals surface area contributed by atoms with E-state index in [1.807, 2.05) is 47.8 Å². The van der Waals surface area contributed by atoms with Gasteiger partial charge in [-0.05, 0) is 29.1 Å². The Hall–Kier alpha value is -2.96. The van der Waals surface area contributed by atoms with Crippen molar-refractivity contribution in [2.75, 3.05) is 13.6 Å². The molecular formula is C23H20ClN3O2S. The second-order valence-electron chi connectivity index (χ2n) is 7.03. The Morgan fingerprint density at radius 2 is 1.83 bits per heavy atom. The molecule has 0 bridgehead atoms. The van der Waals surface area contributed by atoms with Crippen LogP contribution in [0, 0.1) is 0 Å². The molecule has 1 aromatic heterocycles. The van der Waals surface area contributed by atoms with Gasteiger partial charge in [0.1, 0.15) is 6.54 Å². The normalized spacial score (nSPS) is 15.7. The van der Waals surface area contributed by atoms with Crippen molar-refractivity contribution in [2.45, 2.75) is 12.5 Å². The van der Waals surface area contributed by atoms with E-state index >= 15 is 0 Å². The third kappa shape index (κ3) is 4.15. The lowest BCUT2D eigenvalue weighted by Crippen LogP contribution is -2.39. The molecule has 0 aliphatic carbocycles. The summed E-state index contributed by atoms with van der Waals surface area (Å²) in [4.78, 5) is 28.4.